The van der Waals surface area contributed by atoms with Crippen molar-refractivity contribution in [3.8, 4) is 0 Å². The molecule has 4 nitrogen and oxygen atoms in total. The number of hydrogen-bond donors (Lipinski definition) is 1. The molecule has 0 bridgehead atoms. The number of carboxylic acids is 1. The third-order valence-electron chi connectivity index (χ3n) is 3.09. The lowest BCUT2D eigenvalue weighted by molar-refractivity contribution is 0.0696. The van der Waals surface area contributed by atoms with E-state index >= 15 is 0 Å². The van der Waals surface area contributed by atoms with Gasteiger partial charge in [0.2, 0.25) is 0 Å². The zero-order valence-electron chi connectivity index (χ0n) is 9.39. The average Bonchev–Trinajstić information content (AvgIpc) is 2.30. The van der Waals surface area contributed by atoms with Crippen molar-refractivity contribution < 1.29 is 9.90 Å². The molecule has 86 valence electrons. The van der Waals surface area contributed by atoms with Crippen LogP contribution in [0.25, 0.3) is 0 Å². The minimum Gasteiger partial charge on any atom is -0.478 e. The Morgan fingerprint density at radius 2 is 2.38 bits per heavy atom. The second-order valence-electron chi connectivity index (χ2n) is 4.25. The van der Waals surface area contributed by atoms with Crippen LogP contribution in [0.5, 0.6) is 0 Å². The van der Waals surface area contributed by atoms with E-state index in [0.29, 0.717) is 11.6 Å². The quantitative estimate of drug-likeness (QED) is 0.829. The van der Waals surface area contributed by atoms with Crippen LogP contribution in [0.15, 0.2) is 18.3 Å². The fourth-order valence-corrected chi connectivity index (χ4v) is 2.15. The van der Waals surface area contributed by atoms with Gasteiger partial charge < -0.3 is 10.0 Å². The summed E-state index contributed by atoms with van der Waals surface area (Å²) in [5.74, 6) is -0.111. The first-order chi connectivity index (χ1) is 7.68. The molecular formula is C12H16N2O2. The van der Waals surface area contributed by atoms with E-state index in [1.165, 1.54) is 12.5 Å². The summed E-state index contributed by atoms with van der Waals surface area (Å²) in [6.07, 6.45) is 5.12. The van der Waals surface area contributed by atoms with Crippen LogP contribution in [0.3, 0.4) is 0 Å². The molecule has 0 amide bonds. The normalized spacial score (nSPS) is 20.8. The molecule has 1 atom stereocenters. The lowest BCUT2D eigenvalue weighted by atomic mass is 10.0. The molecular weight excluding hydrogens is 204 g/mol. The molecule has 16 heavy (non-hydrogen) atoms. The van der Waals surface area contributed by atoms with Gasteiger partial charge in [0.15, 0.2) is 0 Å². The molecule has 1 aromatic heterocycles. The van der Waals surface area contributed by atoms with Crippen LogP contribution in [0, 0.1) is 0 Å². The molecule has 1 aromatic rings. The van der Waals surface area contributed by atoms with E-state index in [2.05, 4.69) is 16.8 Å². The van der Waals surface area contributed by atoms with Crippen molar-refractivity contribution in [2.75, 3.05) is 11.4 Å². The summed E-state index contributed by atoms with van der Waals surface area (Å²) in [5, 5.41) is 8.93. The first-order valence-electron chi connectivity index (χ1n) is 5.64. The predicted molar refractivity (Wildman–Crippen MR) is 61.9 cm³/mol. The van der Waals surface area contributed by atoms with Crippen LogP contribution in [-0.4, -0.2) is 28.6 Å². The topological polar surface area (TPSA) is 53.4 Å². The molecule has 2 rings (SSSR count). The van der Waals surface area contributed by atoms with Gasteiger partial charge in [0.25, 0.3) is 0 Å². The van der Waals surface area contributed by atoms with Crippen molar-refractivity contribution in [3.05, 3.63) is 23.9 Å². The van der Waals surface area contributed by atoms with E-state index in [4.69, 9.17) is 5.11 Å². The van der Waals surface area contributed by atoms with Gasteiger partial charge in [0.05, 0.1) is 5.56 Å². The monoisotopic (exact) mass is 220 g/mol. The summed E-state index contributed by atoms with van der Waals surface area (Å²) >= 11 is 0. The Bertz CT molecular complexity index is 392. The van der Waals surface area contributed by atoms with E-state index in [0.717, 1.165) is 25.2 Å². The molecule has 0 spiro atoms. The van der Waals surface area contributed by atoms with Crippen LogP contribution in [-0.2, 0) is 0 Å². The van der Waals surface area contributed by atoms with Gasteiger partial charge in [-0.1, -0.05) is 0 Å². The number of carboxylic acid groups (broad SMARTS) is 1. The predicted octanol–water partition coefficient (Wildman–Crippen LogP) is 2.16. The highest BCUT2D eigenvalue weighted by Crippen LogP contribution is 2.23. The molecule has 1 aliphatic rings. The lowest BCUT2D eigenvalue weighted by Gasteiger charge is -2.34. The van der Waals surface area contributed by atoms with Crippen molar-refractivity contribution in [1.82, 2.24) is 4.98 Å². The second-order valence-corrected chi connectivity index (χ2v) is 4.25. The Kier molecular flexibility index (Phi) is 3.08. The summed E-state index contributed by atoms with van der Waals surface area (Å²) in [7, 11) is 0. The zero-order valence-corrected chi connectivity index (χ0v) is 9.39. The van der Waals surface area contributed by atoms with Gasteiger partial charge >= 0.3 is 5.97 Å². The van der Waals surface area contributed by atoms with E-state index in [-0.39, 0.29) is 0 Å². The number of pyridine rings is 1. The van der Waals surface area contributed by atoms with Gasteiger partial charge in [-0.05, 0) is 38.3 Å². The molecule has 0 aromatic carbocycles. The third kappa shape index (κ3) is 2.15. The maximum atomic E-state index is 10.9. The standard InChI is InChI=1S/C12H16N2O2/c1-9-4-2-3-7-14(9)11-8-10(12(15)16)5-6-13-11/h5-6,8-9H,2-4,7H2,1H3,(H,15,16)/t9-/m0/s1. The number of piperidine rings is 1. The van der Waals surface area contributed by atoms with Crippen molar-refractivity contribution in [2.45, 2.75) is 32.2 Å². The van der Waals surface area contributed by atoms with Crippen molar-refractivity contribution in [2.24, 2.45) is 0 Å². The van der Waals surface area contributed by atoms with Gasteiger partial charge in [0, 0.05) is 18.8 Å². The summed E-state index contributed by atoms with van der Waals surface area (Å²) < 4.78 is 0. The van der Waals surface area contributed by atoms with E-state index < -0.39 is 5.97 Å². The molecule has 1 N–H and O–H groups in total. The number of carbonyl (C=O) groups is 1. The summed E-state index contributed by atoms with van der Waals surface area (Å²) in [6.45, 7) is 3.13. The number of anilines is 1. The highest BCUT2D eigenvalue weighted by molar-refractivity contribution is 5.88. The van der Waals surface area contributed by atoms with Crippen LogP contribution in [0.4, 0.5) is 5.82 Å². The zero-order chi connectivity index (χ0) is 11.5. The summed E-state index contributed by atoms with van der Waals surface area (Å²) in [4.78, 5) is 17.3. The van der Waals surface area contributed by atoms with Crippen LogP contribution < -0.4 is 4.90 Å². The Morgan fingerprint density at radius 3 is 3.06 bits per heavy atom. The molecule has 0 unspecified atom stereocenters. The summed E-state index contributed by atoms with van der Waals surface area (Å²) in [6, 6.07) is 3.63. The maximum absolute atomic E-state index is 10.9. The lowest BCUT2D eigenvalue weighted by Crippen LogP contribution is -2.38. The van der Waals surface area contributed by atoms with Gasteiger partial charge in [-0.15, -0.1) is 0 Å². The Morgan fingerprint density at radius 1 is 1.56 bits per heavy atom. The summed E-state index contributed by atoms with van der Waals surface area (Å²) in [5.41, 5.74) is 0.308. The fourth-order valence-electron chi connectivity index (χ4n) is 2.15. The molecule has 2 heterocycles. The maximum Gasteiger partial charge on any atom is 0.335 e. The van der Waals surface area contributed by atoms with Crippen LogP contribution in [0.2, 0.25) is 0 Å². The second kappa shape index (κ2) is 4.51. The highest BCUT2D eigenvalue weighted by Gasteiger charge is 2.20. The number of nitrogens with zero attached hydrogens (tertiary/aromatic N) is 2. The molecule has 4 heteroatoms. The fraction of sp³-hybridized carbons (Fsp3) is 0.500. The SMILES string of the molecule is C[C@H]1CCCCN1c1cc(C(=O)O)ccn1. The van der Waals surface area contributed by atoms with Gasteiger partial charge in [0.1, 0.15) is 5.82 Å². The number of aromatic nitrogens is 1. The molecule has 1 fully saturated rings. The number of rotatable bonds is 2. The Hall–Kier alpha value is -1.58. The van der Waals surface area contributed by atoms with E-state index in [1.807, 2.05) is 0 Å². The Labute approximate surface area is 94.9 Å². The van der Waals surface area contributed by atoms with E-state index in [9.17, 15) is 4.79 Å². The molecule has 1 saturated heterocycles. The van der Waals surface area contributed by atoms with Gasteiger partial charge in [-0.25, -0.2) is 9.78 Å². The average molecular weight is 220 g/mol. The molecule has 1 aliphatic heterocycles. The van der Waals surface area contributed by atoms with Gasteiger partial charge in [-0.2, -0.15) is 0 Å². The Balaban J connectivity index is 2.25. The minimum absolute atomic E-state index is 0.308. The first kappa shape index (κ1) is 10.9. The van der Waals surface area contributed by atoms with Crippen molar-refractivity contribution in [3.63, 3.8) is 0 Å². The van der Waals surface area contributed by atoms with Gasteiger partial charge in [-0.3, -0.25) is 0 Å². The van der Waals surface area contributed by atoms with Crippen LogP contribution >= 0.6 is 0 Å². The first-order valence-corrected chi connectivity index (χ1v) is 5.64. The highest BCUT2D eigenvalue weighted by atomic mass is 16.4. The van der Waals surface area contributed by atoms with Crippen molar-refractivity contribution >= 4 is 11.8 Å². The van der Waals surface area contributed by atoms with E-state index in [1.54, 1.807) is 12.3 Å². The molecule has 0 aliphatic carbocycles. The number of aromatic carboxylic acids is 1. The smallest absolute Gasteiger partial charge is 0.335 e. The van der Waals surface area contributed by atoms with Crippen molar-refractivity contribution in [1.29, 1.82) is 0 Å². The van der Waals surface area contributed by atoms with Crippen LogP contribution in [0.1, 0.15) is 36.5 Å². The molecule has 0 saturated carbocycles. The minimum atomic E-state index is -0.895. The molecule has 0 radical (unpaired) electrons. The number of hydrogen-bond acceptors (Lipinski definition) is 3. The largest absolute Gasteiger partial charge is 0.478 e. The third-order valence-corrected chi connectivity index (χ3v) is 3.09.